The number of hydrogen-bond donors (Lipinski definition) is 0. The highest BCUT2D eigenvalue weighted by Gasteiger charge is 2.02. The predicted octanol–water partition coefficient (Wildman–Crippen LogP) is 3.66. The van der Waals surface area contributed by atoms with Crippen molar-refractivity contribution in [2.75, 3.05) is 7.05 Å². The van der Waals surface area contributed by atoms with Gasteiger partial charge in [-0.2, -0.15) is 0 Å². The van der Waals surface area contributed by atoms with Gasteiger partial charge in [0.2, 0.25) is 0 Å². The van der Waals surface area contributed by atoms with Crippen LogP contribution in [0.3, 0.4) is 0 Å². The van der Waals surface area contributed by atoms with E-state index in [0.717, 1.165) is 23.1 Å². The molecule has 93 valence electrons. The van der Waals surface area contributed by atoms with Crippen molar-refractivity contribution in [3.05, 3.63) is 70.8 Å². The first-order chi connectivity index (χ1) is 8.63. The molecule has 3 heteroatoms. The summed E-state index contributed by atoms with van der Waals surface area (Å²) in [7, 11) is 2.11. The average molecular weight is 304 g/mol. The molecule has 1 heterocycles. The lowest BCUT2D eigenvalue weighted by molar-refractivity contribution is 0.318. The van der Waals surface area contributed by atoms with E-state index in [9.17, 15) is 0 Å². The number of rotatable bonds is 4. The summed E-state index contributed by atoms with van der Waals surface area (Å²) in [4.78, 5) is 6.44. The van der Waals surface area contributed by atoms with E-state index in [1.54, 1.807) is 6.20 Å². The zero-order valence-corrected chi connectivity index (χ0v) is 12.0. The summed E-state index contributed by atoms with van der Waals surface area (Å²) < 4.78 is 1.02. The van der Waals surface area contributed by atoms with Gasteiger partial charge in [0.1, 0.15) is 0 Å². The van der Waals surface area contributed by atoms with E-state index in [1.165, 1.54) is 11.1 Å². The van der Waals surface area contributed by atoms with Gasteiger partial charge in [-0.3, -0.25) is 9.88 Å². The SMILES string of the molecule is [CH2]c1ccc(CN(C)Cc2cncc(Br)c2)cc1. The van der Waals surface area contributed by atoms with Crippen molar-refractivity contribution in [3.8, 4) is 0 Å². The Morgan fingerprint density at radius 2 is 1.78 bits per heavy atom. The van der Waals surface area contributed by atoms with Crippen molar-refractivity contribution in [3.63, 3.8) is 0 Å². The Hall–Kier alpha value is -1.19. The predicted molar refractivity (Wildman–Crippen MR) is 78.0 cm³/mol. The molecule has 2 aromatic rings. The Morgan fingerprint density at radius 3 is 2.44 bits per heavy atom. The minimum Gasteiger partial charge on any atom is -0.298 e. The van der Waals surface area contributed by atoms with Crippen molar-refractivity contribution in [2.24, 2.45) is 0 Å². The first-order valence-corrected chi connectivity index (χ1v) is 6.61. The molecule has 2 nitrogen and oxygen atoms in total. The van der Waals surface area contributed by atoms with Gasteiger partial charge >= 0.3 is 0 Å². The van der Waals surface area contributed by atoms with Crippen LogP contribution in [-0.2, 0) is 13.1 Å². The molecule has 2 rings (SSSR count). The first-order valence-electron chi connectivity index (χ1n) is 5.82. The molecule has 1 radical (unpaired) electrons. The fraction of sp³-hybridized carbons (Fsp3) is 0.200. The van der Waals surface area contributed by atoms with Gasteiger partial charge in [0.15, 0.2) is 0 Å². The van der Waals surface area contributed by atoms with E-state index in [1.807, 2.05) is 18.3 Å². The van der Waals surface area contributed by atoms with Crippen molar-refractivity contribution in [2.45, 2.75) is 13.1 Å². The maximum atomic E-state index is 4.17. The van der Waals surface area contributed by atoms with Crippen LogP contribution in [0.2, 0.25) is 0 Å². The van der Waals surface area contributed by atoms with Gasteiger partial charge < -0.3 is 0 Å². The maximum absolute atomic E-state index is 4.17. The molecule has 0 unspecified atom stereocenters. The highest BCUT2D eigenvalue weighted by molar-refractivity contribution is 9.10. The van der Waals surface area contributed by atoms with Gasteiger partial charge in [-0.25, -0.2) is 0 Å². The van der Waals surface area contributed by atoms with Crippen LogP contribution < -0.4 is 0 Å². The summed E-state index contributed by atoms with van der Waals surface area (Å²) >= 11 is 3.44. The summed E-state index contributed by atoms with van der Waals surface area (Å²) in [6, 6.07) is 10.4. The summed E-state index contributed by atoms with van der Waals surface area (Å²) in [6.45, 7) is 5.70. The summed E-state index contributed by atoms with van der Waals surface area (Å²) in [5, 5.41) is 0. The molecule has 0 bridgehead atoms. The summed E-state index contributed by atoms with van der Waals surface area (Å²) in [5.74, 6) is 0. The Labute approximate surface area is 117 Å². The second kappa shape index (κ2) is 6.12. The minimum atomic E-state index is 0.887. The van der Waals surface area contributed by atoms with Crippen LogP contribution in [0.1, 0.15) is 16.7 Å². The molecule has 0 spiro atoms. The standard InChI is InChI=1S/C15H16BrN2/c1-12-3-5-13(6-4-12)10-18(2)11-14-7-15(16)9-17-8-14/h3-9H,1,10-11H2,2H3. The quantitative estimate of drug-likeness (QED) is 0.857. The third-order valence-corrected chi connectivity index (χ3v) is 3.12. The van der Waals surface area contributed by atoms with Crippen molar-refractivity contribution in [1.29, 1.82) is 0 Å². The number of benzene rings is 1. The molecular formula is C15H16BrN2. The van der Waals surface area contributed by atoms with Crippen molar-refractivity contribution in [1.82, 2.24) is 9.88 Å². The smallest absolute Gasteiger partial charge is 0.0410 e. The topological polar surface area (TPSA) is 16.1 Å². The average Bonchev–Trinajstić information content (AvgIpc) is 2.32. The highest BCUT2D eigenvalue weighted by Crippen LogP contribution is 2.12. The molecule has 0 saturated heterocycles. The van der Waals surface area contributed by atoms with E-state index >= 15 is 0 Å². The van der Waals surface area contributed by atoms with Gasteiger partial charge in [-0.15, -0.1) is 0 Å². The zero-order chi connectivity index (χ0) is 13.0. The molecule has 18 heavy (non-hydrogen) atoms. The third-order valence-electron chi connectivity index (χ3n) is 2.69. The lowest BCUT2D eigenvalue weighted by Gasteiger charge is -2.16. The summed E-state index contributed by atoms with van der Waals surface area (Å²) in [6.07, 6.45) is 3.71. The number of aromatic nitrogens is 1. The van der Waals surface area contributed by atoms with Gasteiger partial charge in [-0.1, -0.05) is 24.3 Å². The molecule has 0 saturated carbocycles. The number of halogens is 1. The molecule has 0 N–H and O–H groups in total. The molecule has 1 aromatic carbocycles. The Kier molecular flexibility index (Phi) is 4.50. The van der Waals surface area contributed by atoms with E-state index in [0.29, 0.717) is 0 Å². The largest absolute Gasteiger partial charge is 0.298 e. The monoisotopic (exact) mass is 303 g/mol. The fourth-order valence-electron chi connectivity index (χ4n) is 1.87. The van der Waals surface area contributed by atoms with Crippen LogP contribution in [0.25, 0.3) is 0 Å². The van der Waals surface area contributed by atoms with E-state index in [4.69, 9.17) is 0 Å². The number of pyridine rings is 1. The highest BCUT2D eigenvalue weighted by atomic mass is 79.9. The van der Waals surface area contributed by atoms with Gasteiger partial charge in [0.05, 0.1) is 0 Å². The maximum Gasteiger partial charge on any atom is 0.0410 e. The van der Waals surface area contributed by atoms with Crippen LogP contribution in [0.4, 0.5) is 0 Å². The van der Waals surface area contributed by atoms with Crippen LogP contribution in [-0.4, -0.2) is 16.9 Å². The van der Waals surface area contributed by atoms with Crippen molar-refractivity contribution < 1.29 is 0 Å². The molecule has 0 aliphatic heterocycles. The van der Waals surface area contributed by atoms with E-state index in [-0.39, 0.29) is 0 Å². The van der Waals surface area contributed by atoms with Gasteiger partial charge in [-0.05, 0) is 52.7 Å². The molecule has 0 atom stereocenters. The van der Waals surface area contributed by atoms with Crippen LogP contribution in [0.5, 0.6) is 0 Å². The van der Waals surface area contributed by atoms with E-state index in [2.05, 4.69) is 58.0 Å². The molecule has 0 aliphatic carbocycles. The third kappa shape index (κ3) is 3.93. The fourth-order valence-corrected chi connectivity index (χ4v) is 2.28. The van der Waals surface area contributed by atoms with E-state index < -0.39 is 0 Å². The number of nitrogens with zero attached hydrogens (tertiary/aromatic N) is 2. The van der Waals surface area contributed by atoms with Crippen LogP contribution in [0, 0.1) is 6.92 Å². The molecule has 0 amide bonds. The lowest BCUT2D eigenvalue weighted by Crippen LogP contribution is -2.17. The second-order valence-corrected chi connectivity index (χ2v) is 5.42. The molecule has 0 fully saturated rings. The molecular weight excluding hydrogens is 288 g/mol. The Morgan fingerprint density at radius 1 is 1.11 bits per heavy atom. The Bertz CT molecular complexity index is 508. The van der Waals surface area contributed by atoms with Gasteiger partial charge in [0, 0.05) is 30.0 Å². The van der Waals surface area contributed by atoms with Crippen LogP contribution in [0.15, 0.2) is 47.2 Å². The molecule has 0 aliphatic rings. The van der Waals surface area contributed by atoms with Crippen LogP contribution >= 0.6 is 15.9 Å². The minimum absolute atomic E-state index is 0.887. The lowest BCUT2D eigenvalue weighted by atomic mass is 10.1. The van der Waals surface area contributed by atoms with Gasteiger partial charge in [0.25, 0.3) is 0 Å². The van der Waals surface area contributed by atoms with Crippen molar-refractivity contribution >= 4 is 15.9 Å². The second-order valence-electron chi connectivity index (χ2n) is 4.50. The molecule has 1 aromatic heterocycles. The summed E-state index contributed by atoms with van der Waals surface area (Å²) in [5.41, 5.74) is 3.56. The zero-order valence-electron chi connectivity index (χ0n) is 10.4. The number of hydrogen-bond acceptors (Lipinski definition) is 2. The normalized spacial score (nSPS) is 10.9. The Balaban J connectivity index is 1.96. The first kappa shape index (κ1) is 13.2.